The molecule has 1 N–H and O–H groups in total. The number of rotatable bonds is 7. The Morgan fingerprint density at radius 1 is 0.969 bits per heavy atom. The smallest absolute Gasteiger partial charge is 0.337 e. The van der Waals surface area contributed by atoms with Gasteiger partial charge in [0.25, 0.3) is 17.7 Å². The average Bonchev–Trinajstić information content (AvgIpc) is 3.00. The number of methoxy groups -OCH3 is 1. The number of benzene rings is 2. The number of amides is 3. The molecule has 32 heavy (non-hydrogen) atoms. The molecule has 3 rings (SSSR count). The highest BCUT2D eigenvalue weighted by molar-refractivity contribution is 6.21. The average molecular weight is 438 g/mol. The molecule has 0 aliphatic carbocycles. The number of carbonyl (C=O) groups is 5. The van der Waals surface area contributed by atoms with Crippen LogP contribution in [0.15, 0.2) is 36.4 Å². The van der Waals surface area contributed by atoms with E-state index in [1.807, 2.05) is 6.92 Å². The van der Waals surface area contributed by atoms with Gasteiger partial charge in [-0.2, -0.15) is 0 Å². The fraction of sp³-hybridized carbons (Fsp3) is 0.261. The lowest BCUT2D eigenvalue weighted by atomic mass is 10.1. The van der Waals surface area contributed by atoms with E-state index in [0.29, 0.717) is 22.4 Å². The van der Waals surface area contributed by atoms with E-state index >= 15 is 0 Å². The second-order valence-corrected chi connectivity index (χ2v) is 7.29. The second-order valence-electron chi connectivity index (χ2n) is 7.29. The van der Waals surface area contributed by atoms with Gasteiger partial charge in [-0.1, -0.05) is 17.7 Å². The molecule has 1 aliphatic heterocycles. The van der Waals surface area contributed by atoms with E-state index in [1.54, 1.807) is 37.3 Å². The number of fused-ring (bicyclic) bond motifs is 1. The Hall–Kier alpha value is -4.01. The van der Waals surface area contributed by atoms with Crippen molar-refractivity contribution < 1.29 is 33.4 Å². The minimum Gasteiger partial charge on any atom is -0.465 e. The Bertz CT molecular complexity index is 1120. The standard InChI is InChI=1S/C23H22N2O7/c1-13-4-7-16-17(10-13)22(29)25(21(16)28)9-8-20(27)32-12-19(26)24-18-11-15(23(30)31-3)6-5-14(18)2/h4-7,10-11H,8-9,12H2,1-3H3,(H,24,26). The number of ether oxygens (including phenoxy) is 2. The van der Waals surface area contributed by atoms with Gasteiger partial charge in [0.05, 0.1) is 30.2 Å². The molecule has 166 valence electrons. The second kappa shape index (κ2) is 9.42. The van der Waals surface area contributed by atoms with Crippen LogP contribution < -0.4 is 5.32 Å². The highest BCUT2D eigenvalue weighted by atomic mass is 16.5. The van der Waals surface area contributed by atoms with E-state index in [0.717, 1.165) is 10.5 Å². The molecule has 3 amide bonds. The zero-order chi connectivity index (χ0) is 23.4. The largest absolute Gasteiger partial charge is 0.465 e. The number of nitrogens with one attached hydrogen (secondary N) is 1. The molecule has 0 saturated heterocycles. The fourth-order valence-corrected chi connectivity index (χ4v) is 3.22. The lowest BCUT2D eigenvalue weighted by Crippen LogP contribution is -2.32. The summed E-state index contributed by atoms with van der Waals surface area (Å²) in [5, 5.41) is 2.57. The van der Waals surface area contributed by atoms with Crippen molar-refractivity contribution in [3.63, 3.8) is 0 Å². The highest BCUT2D eigenvalue weighted by Crippen LogP contribution is 2.24. The number of hydrogen-bond acceptors (Lipinski definition) is 7. The lowest BCUT2D eigenvalue weighted by Gasteiger charge is -2.13. The van der Waals surface area contributed by atoms with Gasteiger partial charge >= 0.3 is 11.9 Å². The van der Waals surface area contributed by atoms with Crippen LogP contribution >= 0.6 is 0 Å². The van der Waals surface area contributed by atoms with Gasteiger partial charge in [-0.05, 0) is 43.7 Å². The van der Waals surface area contributed by atoms with Gasteiger partial charge in [-0.3, -0.25) is 24.1 Å². The molecule has 0 saturated carbocycles. The fourth-order valence-electron chi connectivity index (χ4n) is 3.22. The first-order valence-corrected chi connectivity index (χ1v) is 9.82. The lowest BCUT2D eigenvalue weighted by molar-refractivity contribution is -0.147. The molecule has 9 nitrogen and oxygen atoms in total. The number of imide groups is 1. The first-order valence-electron chi connectivity index (χ1n) is 9.82. The maximum Gasteiger partial charge on any atom is 0.337 e. The van der Waals surface area contributed by atoms with Crippen molar-refractivity contribution in [2.45, 2.75) is 20.3 Å². The van der Waals surface area contributed by atoms with Crippen molar-refractivity contribution >= 4 is 35.3 Å². The Labute approximate surface area is 184 Å². The molecule has 0 radical (unpaired) electrons. The topological polar surface area (TPSA) is 119 Å². The molecule has 2 aromatic carbocycles. The molecule has 1 heterocycles. The third-order valence-corrected chi connectivity index (χ3v) is 4.96. The Morgan fingerprint density at radius 3 is 2.41 bits per heavy atom. The summed E-state index contributed by atoms with van der Waals surface area (Å²) in [6.45, 7) is 2.86. The maximum atomic E-state index is 12.4. The van der Waals surface area contributed by atoms with Gasteiger partial charge in [0.15, 0.2) is 6.61 Å². The van der Waals surface area contributed by atoms with Crippen LogP contribution in [0.4, 0.5) is 5.69 Å². The molecule has 0 bridgehead atoms. The van der Waals surface area contributed by atoms with Crippen LogP contribution in [-0.4, -0.2) is 54.8 Å². The molecule has 9 heteroatoms. The number of carbonyl (C=O) groups excluding carboxylic acids is 5. The van der Waals surface area contributed by atoms with Gasteiger partial charge in [0, 0.05) is 12.2 Å². The summed E-state index contributed by atoms with van der Waals surface area (Å²) in [6.07, 6.45) is -0.241. The van der Waals surface area contributed by atoms with E-state index in [-0.39, 0.29) is 18.5 Å². The van der Waals surface area contributed by atoms with Crippen molar-refractivity contribution in [3.05, 3.63) is 64.2 Å². The summed E-state index contributed by atoms with van der Waals surface area (Å²) in [7, 11) is 1.25. The van der Waals surface area contributed by atoms with E-state index in [9.17, 15) is 24.0 Å². The Morgan fingerprint density at radius 2 is 1.69 bits per heavy atom. The Kier molecular flexibility index (Phi) is 6.67. The quantitative estimate of drug-likeness (QED) is 0.520. The number of esters is 2. The summed E-state index contributed by atoms with van der Waals surface area (Å²) in [5.74, 6) is -2.79. The van der Waals surface area contributed by atoms with Crippen LogP contribution in [0.5, 0.6) is 0 Å². The first-order chi connectivity index (χ1) is 15.2. The van der Waals surface area contributed by atoms with Crippen LogP contribution in [0, 0.1) is 13.8 Å². The predicted molar refractivity (Wildman–Crippen MR) is 113 cm³/mol. The van der Waals surface area contributed by atoms with Gasteiger partial charge < -0.3 is 14.8 Å². The van der Waals surface area contributed by atoms with Crippen molar-refractivity contribution in [3.8, 4) is 0 Å². The highest BCUT2D eigenvalue weighted by Gasteiger charge is 2.35. The third-order valence-electron chi connectivity index (χ3n) is 4.96. The van der Waals surface area contributed by atoms with Crippen LogP contribution in [0.25, 0.3) is 0 Å². The number of hydrogen-bond donors (Lipinski definition) is 1. The third kappa shape index (κ3) is 4.83. The van der Waals surface area contributed by atoms with E-state index in [1.165, 1.54) is 13.2 Å². The molecule has 1 aliphatic rings. The number of aryl methyl sites for hydroxylation is 2. The van der Waals surface area contributed by atoms with Gasteiger partial charge in [0.2, 0.25) is 0 Å². The molecule has 0 spiro atoms. The monoisotopic (exact) mass is 438 g/mol. The predicted octanol–water partition coefficient (Wildman–Crippen LogP) is 2.26. The summed E-state index contributed by atoms with van der Waals surface area (Å²) in [6, 6.07) is 9.64. The zero-order valence-corrected chi connectivity index (χ0v) is 17.9. The summed E-state index contributed by atoms with van der Waals surface area (Å²) < 4.78 is 9.60. The van der Waals surface area contributed by atoms with Crippen molar-refractivity contribution in [2.75, 3.05) is 25.6 Å². The van der Waals surface area contributed by atoms with Crippen molar-refractivity contribution in [2.24, 2.45) is 0 Å². The van der Waals surface area contributed by atoms with Crippen LogP contribution in [0.3, 0.4) is 0 Å². The zero-order valence-electron chi connectivity index (χ0n) is 17.9. The van der Waals surface area contributed by atoms with Gasteiger partial charge in [-0.25, -0.2) is 4.79 Å². The van der Waals surface area contributed by atoms with Crippen molar-refractivity contribution in [1.82, 2.24) is 4.90 Å². The molecule has 0 fully saturated rings. The molecule has 0 atom stereocenters. The van der Waals surface area contributed by atoms with Gasteiger partial charge in [0.1, 0.15) is 0 Å². The van der Waals surface area contributed by atoms with E-state index in [2.05, 4.69) is 10.1 Å². The first kappa shape index (κ1) is 22.7. The molecular formula is C23H22N2O7. The summed E-state index contributed by atoms with van der Waals surface area (Å²) in [4.78, 5) is 61.6. The molecule has 2 aromatic rings. The number of anilines is 1. The van der Waals surface area contributed by atoms with Crippen LogP contribution in [0.2, 0.25) is 0 Å². The SMILES string of the molecule is COC(=O)c1ccc(C)c(NC(=O)COC(=O)CCN2C(=O)c3ccc(C)cc3C2=O)c1. The minimum atomic E-state index is -0.729. The van der Waals surface area contributed by atoms with Crippen LogP contribution in [0.1, 0.15) is 48.6 Å². The maximum absolute atomic E-state index is 12.4. The number of nitrogens with zero attached hydrogens (tertiary/aromatic N) is 1. The van der Waals surface area contributed by atoms with Crippen molar-refractivity contribution in [1.29, 1.82) is 0 Å². The molecule has 0 unspecified atom stereocenters. The normalized spacial score (nSPS) is 12.4. The van der Waals surface area contributed by atoms with Gasteiger partial charge in [-0.15, -0.1) is 0 Å². The summed E-state index contributed by atoms with van der Waals surface area (Å²) >= 11 is 0. The molecular weight excluding hydrogens is 416 g/mol. The molecule has 0 aromatic heterocycles. The van der Waals surface area contributed by atoms with Crippen LogP contribution in [-0.2, 0) is 19.1 Å². The van der Waals surface area contributed by atoms with E-state index < -0.39 is 36.3 Å². The minimum absolute atomic E-state index is 0.147. The summed E-state index contributed by atoms with van der Waals surface area (Å²) in [5.41, 5.74) is 2.82. The Balaban J connectivity index is 1.51. The van der Waals surface area contributed by atoms with E-state index in [4.69, 9.17) is 4.74 Å².